The van der Waals surface area contributed by atoms with E-state index in [1.807, 2.05) is 6.92 Å². The van der Waals surface area contributed by atoms with Crippen LogP contribution in [0.25, 0.3) is 0 Å². The van der Waals surface area contributed by atoms with Gasteiger partial charge in [-0.2, -0.15) is 0 Å². The van der Waals surface area contributed by atoms with Crippen LogP contribution in [0, 0.1) is 0 Å². The van der Waals surface area contributed by atoms with Crippen molar-refractivity contribution in [1.29, 1.82) is 0 Å². The van der Waals surface area contributed by atoms with Gasteiger partial charge in [-0.25, -0.2) is 0 Å². The first-order valence-corrected chi connectivity index (χ1v) is 4.68. The van der Waals surface area contributed by atoms with Crippen LogP contribution in [0.5, 0.6) is 0 Å². The Kier molecular flexibility index (Phi) is 4.78. The summed E-state index contributed by atoms with van der Waals surface area (Å²) in [6.07, 6.45) is 2.17. The molecule has 4 nitrogen and oxygen atoms in total. The average molecular weight is 188 g/mol. The predicted octanol–water partition coefficient (Wildman–Crippen LogP) is 1.09. The molecular formula is C9H16O4. The van der Waals surface area contributed by atoms with Gasteiger partial charge in [0, 0.05) is 6.42 Å². The Hall–Kier alpha value is -0.610. The third kappa shape index (κ3) is 4.24. The van der Waals surface area contributed by atoms with Gasteiger partial charge in [-0.1, -0.05) is 13.3 Å². The van der Waals surface area contributed by atoms with Gasteiger partial charge < -0.3 is 14.2 Å². The molecule has 1 heterocycles. The molecule has 0 radical (unpaired) electrons. The standard InChI is InChI=1S/C9H16O4/c1-2-3-4-9(10)13-8-5-11-7-12-6-8/h8H,2-7H2,1H3. The Morgan fingerprint density at radius 3 is 2.77 bits per heavy atom. The van der Waals surface area contributed by atoms with E-state index in [1.165, 1.54) is 0 Å². The first-order valence-electron chi connectivity index (χ1n) is 4.68. The van der Waals surface area contributed by atoms with E-state index in [2.05, 4.69) is 0 Å². The van der Waals surface area contributed by atoms with Crippen LogP contribution in [-0.2, 0) is 19.0 Å². The molecule has 76 valence electrons. The van der Waals surface area contributed by atoms with E-state index in [0.29, 0.717) is 26.4 Å². The highest BCUT2D eigenvalue weighted by Crippen LogP contribution is 2.04. The van der Waals surface area contributed by atoms with Gasteiger partial charge in [0.1, 0.15) is 12.9 Å². The molecule has 1 saturated heterocycles. The van der Waals surface area contributed by atoms with E-state index >= 15 is 0 Å². The lowest BCUT2D eigenvalue weighted by Crippen LogP contribution is -2.33. The maximum atomic E-state index is 11.1. The summed E-state index contributed by atoms with van der Waals surface area (Å²) in [6.45, 7) is 3.26. The molecule has 1 aliphatic rings. The lowest BCUT2D eigenvalue weighted by molar-refractivity contribution is -0.183. The highest BCUT2D eigenvalue weighted by molar-refractivity contribution is 5.69. The van der Waals surface area contributed by atoms with Gasteiger partial charge in [-0.3, -0.25) is 4.79 Å². The molecule has 13 heavy (non-hydrogen) atoms. The zero-order valence-electron chi connectivity index (χ0n) is 7.95. The summed E-state index contributed by atoms with van der Waals surface area (Å²) in [5.41, 5.74) is 0. The van der Waals surface area contributed by atoms with Crippen LogP contribution in [-0.4, -0.2) is 32.1 Å². The number of hydrogen-bond donors (Lipinski definition) is 0. The minimum atomic E-state index is -0.210. The first kappa shape index (κ1) is 10.5. The molecule has 0 bridgehead atoms. The molecule has 0 aromatic rings. The van der Waals surface area contributed by atoms with Gasteiger partial charge in [-0.15, -0.1) is 0 Å². The van der Waals surface area contributed by atoms with Gasteiger partial charge in [0.25, 0.3) is 0 Å². The van der Waals surface area contributed by atoms with E-state index in [1.54, 1.807) is 0 Å². The fraction of sp³-hybridized carbons (Fsp3) is 0.889. The van der Waals surface area contributed by atoms with E-state index < -0.39 is 0 Å². The van der Waals surface area contributed by atoms with Crippen LogP contribution < -0.4 is 0 Å². The monoisotopic (exact) mass is 188 g/mol. The lowest BCUT2D eigenvalue weighted by Gasteiger charge is -2.22. The van der Waals surface area contributed by atoms with Gasteiger partial charge >= 0.3 is 5.97 Å². The van der Waals surface area contributed by atoms with E-state index in [4.69, 9.17) is 14.2 Å². The first-order chi connectivity index (χ1) is 6.33. The molecule has 1 rings (SSSR count). The molecule has 0 atom stereocenters. The summed E-state index contributed by atoms with van der Waals surface area (Å²) in [7, 11) is 0. The van der Waals surface area contributed by atoms with E-state index in [0.717, 1.165) is 12.8 Å². The maximum absolute atomic E-state index is 11.1. The number of hydrogen-bond acceptors (Lipinski definition) is 4. The van der Waals surface area contributed by atoms with Gasteiger partial charge in [-0.05, 0) is 6.42 Å². The van der Waals surface area contributed by atoms with Crippen LogP contribution >= 0.6 is 0 Å². The fourth-order valence-electron chi connectivity index (χ4n) is 1.10. The lowest BCUT2D eigenvalue weighted by atomic mass is 10.2. The van der Waals surface area contributed by atoms with Crippen molar-refractivity contribution in [2.45, 2.75) is 32.3 Å². The van der Waals surface area contributed by atoms with Crippen LogP contribution in [0.15, 0.2) is 0 Å². The molecule has 0 unspecified atom stereocenters. The van der Waals surface area contributed by atoms with Crippen LogP contribution in [0.1, 0.15) is 26.2 Å². The van der Waals surface area contributed by atoms with Crippen molar-refractivity contribution in [2.24, 2.45) is 0 Å². The number of carbonyl (C=O) groups is 1. The van der Waals surface area contributed by atoms with E-state index in [9.17, 15) is 4.79 Å². The van der Waals surface area contributed by atoms with Crippen LogP contribution in [0.2, 0.25) is 0 Å². The van der Waals surface area contributed by atoms with Crippen molar-refractivity contribution in [3.05, 3.63) is 0 Å². The summed E-state index contributed by atoms with van der Waals surface area (Å²) < 4.78 is 15.1. The molecule has 0 amide bonds. The average Bonchev–Trinajstić information content (AvgIpc) is 2.16. The minimum absolute atomic E-state index is 0.152. The van der Waals surface area contributed by atoms with Crippen molar-refractivity contribution in [3.8, 4) is 0 Å². The van der Waals surface area contributed by atoms with Crippen molar-refractivity contribution < 1.29 is 19.0 Å². The van der Waals surface area contributed by atoms with E-state index in [-0.39, 0.29) is 12.1 Å². The van der Waals surface area contributed by atoms with Gasteiger partial charge in [0.15, 0.2) is 0 Å². The van der Waals surface area contributed by atoms with Gasteiger partial charge in [0.05, 0.1) is 13.2 Å². The third-order valence-corrected chi connectivity index (χ3v) is 1.81. The van der Waals surface area contributed by atoms with Crippen LogP contribution in [0.3, 0.4) is 0 Å². The molecule has 0 saturated carbocycles. The number of carbonyl (C=O) groups excluding carboxylic acids is 1. The summed E-state index contributed by atoms with van der Waals surface area (Å²) >= 11 is 0. The minimum Gasteiger partial charge on any atom is -0.457 e. The molecule has 1 aliphatic heterocycles. The number of unbranched alkanes of at least 4 members (excludes halogenated alkanes) is 1. The summed E-state index contributed by atoms with van der Waals surface area (Å²) in [5.74, 6) is -0.152. The second kappa shape index (κ2) is 5.94. The smallest absolute Gasteiger partial charge is 0.306 e. The maximum Gasteiger partial charge on any atom is 0.306 e. The Bertz CT molecular complexity index is 152. The fourth-order valence-corrected chi connectivity index (χ4v) is 1.10. The number of ether oxygens (including phenoxy) is 3. The molecule has 0 aromatic heterocycles. The normalized spacial score (nSPS) is 18.5. The zero-order chi connectivity index (χ0) is 9.52. The number of esters is 1. The second-order valence-electron chi connectivity index (χ2n) is 3.07. The zero-order valence-corrected chi connectivity index (χ0v) is 7.95. The Morgan fingerprint density at radius 2 is 2.15 bits per heavy atom. The van der Waals surface area contributed by atoms with Gasteiger partial charge in [0.2, 0.25) is 0 Å². The largest absolute Gasteiger partial charge is 0.457 e. The highest BCUT2D eigenvalue weighted by Gasteiger charge is 2.17. The Balaban J connectivity index is 2.11. The van der Waals surface area contributed by atoms with Crippen molar-refractivity contribution >= 4 is 5.97 Å². The predicted molar refractivity (Wildman–Crippen MR) is 46.2 cm³/mol. The Morgan fingerprint density at radius 1 is 1.46 bits per heavy atom. The molecular weight excluding hydrogens is 172 g/mol. The topological polar surface area (TPSA) is 44.8 Å². The molecule has 1 fully saturated rings. The quantitative estimate of drug-likeness (QED) is 0.619. The molecule has 0 aliphatic carbocycles. The summed E-state index contributed by atoms with van der Waals surface area (Å²) in [6, 6.07) is 0. The highest BCUT2D eigenvalue weighted by atomic mass is 16.7. The molecule has 0 spiro atoms. The van der Waals surface area contributed by atoms with Crippen molar-refractivity contribution in [1.82, 2.24) is 0 Å². The number of rotatable bonds is 4. The molecule has 0 N–H and O–H groups in total. The molecule has 4 heteroatoms. The van der Waals surface area contributed by atoms with Crippen molar-refractivity contribution in [3.63, 3.8) is 0 Å². The third-order valence-electron chi connectivity index (χ3n) is 1.81. The second-order valence-corrected chi connectivity index (χ2v) is 3.07. The summed E-state index contributed by atoms with van der Waals surface area (Å²) in [5, 5.41) is 0. The van der Waals surface area contributed by atoms with Crippen LogP contribution in [0.4, 0.5) is 0 Å². The van der Waals surface area contributed by atoms with Crippen molar-refractivity contribution in [2.75, 3.05) is 20.0 Å². The Labute approximate surface area is 78.2 Å². The summed E-state index contributed by atoms with van der Waals surface area (Å²) in [4.78, 5) is 11.1. The molecule has 0 aromatic carbocycles. The SMILES string of the molecule is CCCCC(=O)OC1COCOC1.